The van der Waals surface area contributed by atoms with Gasteiger partial charge in [0.2, 0.25) is 0 Å². The molecule has 0 bridgehead atoms. The number of ether oxygens (including phenoxy) is 1. The lowest BCUT2D eigenvalue weighted by molar-refractivity contribution is 0.296. The van der Waals surface area contributed by atoms with E-state index in [9.17, 15) is 0 Å². The first-order valence-electron chi connectivity index (χ1n) is 5.65. The Labute approximate surface area is 101 Å². The topological polar surface area (TPSA) is 53.1 Å². The van der Waals surface area contributed by atoms with E-state index in [-0.39, 0.29) is 6.04 Å². The maximum Gasteiger partial charge on any atom is 0.157 e. The van der Waals surface area contributed by atoms with Crippen LogP contribution >= 0.6 is 0 Å². The summed E-state index contributed by atoms with van der Waals surface area (Å²) in [5.41, 5.74) is 7.86. The van der Waals surface area contributed by atoms with Crippen LogP contribution in [0.5, 0.6) is 5.75 Å². The monoisotopic (exact) mass is 231 g/mol. The van der Waals surface area contributed by atoms with Crippen LogP contribution < -0.4 is 10.5 Å². The summed E-state index contributed by atoms with van der Waals surface area (Å²) < 4.78 is 7.29. The molecule has 90 valence electrons. The van der Waals surface area contributed by atoms with Crippen LogP contribution in [-0.2, 0) is 0 Å². The highest BCUT2D eigenvalue weighted by Crippen LogP contribution is 2.14. The van der Waals surface area contributed by atoms with Crippen molar-refractivity contribution in [3.8, 4) is 11.4 Å². The van der Waals surface area contributed by atoms with Crippen LogP contribution in [0.4, 0.5) is 0 Å². The first-order valence-corrected chi connectivity index (χ1v) is 5.65. The van der Waals surface area contributed by atoms with Gasteiger partial charge in [0.15, 0.2) is 5.75 Å². The molecule has 0 aliphatic carbocycles. The van der Waals surface area contributed by atoms with E-state index in [0.717, 1.165) is 11.4 Å². The third-order valence-corrected chi connectivity index (χ3v) is 2.34. The number of hydrogen-bond acceptors (Lipinski definition) is 3. The minimum Gasteiger partial charge on any atom is -0.489 e. The largest absolute Gasteiger partial charge is 0.489 e. The van der Waals surface area contributed by atoms with Gasteiger partial charge in [0.05, 0.1) is 18.1 Å². The molecule has 0 spiro atoms. The molecule has 0 aliphatic heterocycles. The minimum atomic E-state index is 0.0253. The van der Waals surface area contributed by atoms with E-state index in [1.165, 1.54) is 5.56 Å². The summed E-state index contributed by atoms with van der Waals surface area (Å²) in [7, 11) is 0. The highest BCUT2D eigenvalue weighted by atomic mass is 16.5. The van der Waals surface area contributed by atoms with Crippen molar-refractivity contribution >= 4 is 0 Å². The van der Waals surface area contributed by atoms with Crippen molar-refractivity contribution in [1.82, 2.24) is 9.78 Å². The third kappa shape index (κ3) is 3.07. The average molecular weight is 231 g/mol. The summed E-state index contributed by atoms with van der Waals surface area (Å²) in [4.78, 5) is 0. The van der Waals surface area contributed by atoms with Crippen molar-refractivity contribution < 1.29 is 4.74 Å². The molecular weight excluding hydrogens is 214 g/mol. The lowest BCUT2D eigenvalue weighted by Gasteiger charge is -2.05. The summed E-state index contributed by atoms with van der Waals surface area (Å²) in [6.45, 7) is 4.46. The number of rotatable bonds is 4. The fraction of sp³-hybridized carbons (Fsp3) is 0.308. The molecule has 1 heterocycles. The normalized spacial score (nSPS) is 12.4. The molecule has 1 unspecified atom stereocenters. The quantitative estimate of drug-likeness (QED) is 0.874. The van der Waals surface area contributed by atoms with Gasteiger partial charge in [0.25, 0.3) is 0 Å². The van der Waals surface area contributed by atoms with E-state index in [4.69, 9.17) is 10.5 Å². The zero-order chi connectivity index (χ0) is 12.3. The summed E-state index contributed by atoms with van der Waals surface area (Å²) in [5.74, 6) is 0.740. The van der Waals surface area contributed by atoms with Gasteiger partial charge in [-0.15, -0.1) is 0 Å². The highest BCUT2D eigenvalue weighted by Gasteiger charge is 2.03. The van der Waals surface area contributed by atoms with Gasteiger partial charge >= 0.3 is 0 Å². The molecule has 2 aromatic rings. The van der Waals surface area contributed by atoms with Crippen molar-refractivity contribution in [3.63, 3.8) is 0 Å². The summed E-state index contributed by atoms with van der Waals surface area (Å²) in [6, 6.07) is 8.17. The molecule has 4 heteroatoms. The molecule has 0 aliphatic rings. The molecule has 2 N–H and O–H groups in total. The fourth-order valence-electron chi connectivity index (χ4n) is 1.52. The van der Waals surface area contributed by atoms with Crippen LogP contribution in [0.3, 0.4) is 0 Å². The zero-order valence-corrected chi connectivity index (χ0v) is 10.1. The van der Waals surface area contributed by atoms with Crippen molar-refractivity contribution in [2.75, 3.05) is 6.61 Å². The summed E-state index contributed by atoms with van der Waals surface area (Å²) >= 11 is 0. The van der Waals surface area contributed by atoms with Crippen molar-refractivity contribution in [2.45, 2.75) is 19.9 Å². The van der Waals surface area contributed by atoms with Crippen molar-refractivity contribution in [3.05, 3.63) is 42.2 Å². The van der Waals surface area contributed by atoms with Gasteiger partial charge in [0, 0.05) is 6.04 Å². The molecular formula is C13H17N3O. The van der Waals surface area contributed by atoms with Crippen LogP contribution in [-0.4, -0.2) is 22.4 Å². The maximum absolute atomic E-state index is 5.63. The van der Waals surface area contributed by atoms with Crippen molar-refractivity contribution in [2.24, 2.45) is 5.73 Å². The second kappa shape index (κ2) is 5.01. The molecule has 0 amide bonds. The summed E-state index contributed by atoms with van der Waals surface area (Å²) in [5, 5.41) is 4.26. The van der Waals surface area contributed by atoms with Crippen LogP contribution in [0.25, 0.3) is 5.69 Å². The first kappa shape index (κ1) is 11.7. The van der Waals surface area contributed by atoms with E-state index < -0.39 is 0 Å². The Morgan fingerprint density at radius 3 is 3.00 bits per heavy atom. The molecule has 1 atom stereocenters. The molecule has 1 aromatic carbocycles. The first-order chi connectivity index (χ1) is 8.15. The number of hydrogen-bond donors (Lipinski definition) is 1. The smallest absolute Gasteiger partial charge is 0.157 e. The Hall–Kier alpha value is -1.81. The number of nitrogens with two attached hydrogens (primary N) is 1. The van der Waals surface area contributed by atoms with Gasteiger partial charge in [-0.2, -0.15) is 5.10 Å². The summed E-state index contributed by atoms with van der Waals surface area (Å²) in [6.07, 6.45) is 3.56. The van der Waals surface area contributed by atoms with E-state index in [0.29, 0.717) is 6.61 Å². The highest BCUT2D eigenvalue weighted by molar-refractivity contribution is 5.35. The van der Waals surface area contributed by atoms with Gasteiger partial charge in [-0.25, -0.2) is 4.68 Å². The Morgan fingerprint density at radius 2 is 2.29 bits per heavy atom. The molecule has 17 heavy (non-hydrogen) atoms. The third-order valence-electron chi connectivity index (χ3n) is 2.34. The Bertz CT molecular complexity index is 491. The molecule has 0 saturated heterocycles. The predicted molar refractivity (Wildman–Crippen MR) is 67.4 cm³/mol. The maximum atomic E-state index is 5.63. The molecule has 0 fully saturated rings. The van der Waals surface area contributed by atoms with Gasteiger partial charge in [-0.3, -0.25) is 0 Å². The predicted octanol–water partition coefficient (Wildman–Crippen LogP) is 1.91. The van der Waals surface area contributed by atoms with Gasteiger partial charge in [-0.1, -0.05) is 12.1 Å². The second-order valence-electron chi connectivity index (χ2n) is 4.25. The van der Waals surface area contributed by atoms with Gasteiger partial charge in [-0.05, 0) is 31.5 Å². The van der Waals surface area contributed by atoms with E-state index in [1.54, 1.807) is 10.9 Å². The van der Waals surface area contributed by atoms with Crippen molar-refractivity contribution in [1.29, 1.82) is 0 Å². The molecule has 0 radical (unpaired) electrons. The Morgan fingerprint density at radius 1 is 1.47 bits per heavy atom. The number of benzene rings is 1. The van der Waals surface area contributed by atoms with E-state index in [1.807, 2.05) is 25.3 Å². The van der Waals surface area contributed by atoms with Crippen LogP contribution in [0.1, 0.15) is 12.5 Å². The molecule has 1 aromatic heterocycles. The molecule has 0 saturated carbocycles. The number of nitrogens with zero attached hydrogens (tertiary/aromatic N) is 2. The second-order valence-corrected chi connectivity index (χ2v) is 4.25. The number of aryl methyl sites for hydroxylation is 1. The lowest BCUT2D eigenvalue weighted by atomic mass is 10.2. The van der Waals surface area contributed by atoms with Gasteiger partial charge in [0.1, 0.15) is 6.61 Å². The minimum absolute atomic E-state index is 0.0253. The SMILES string of the molecule is Cc1cccc(-n2cc(OCC(C)N)cn2)c1. The standard InChI is InChI=1S/C13H17N3O/c1-10-4-3-5-12(6-10)16-8-13(7-15-16)17-9-11(2)14/h3-8,11H,9,14H2,1-2H3. The van der Waals surface area contributed by atoms with Crippen LogP contribution in [0, 0.1) is 6.92 Å². The lowest BCUT2D eigenvalue weighted by Crippen LogP contribution is -2.23. The Kier molecular flexibility index (Phi) is 3.44. The number of aromatic nitrogens is 2. The average Bonchev–Trinajstić information content (AvgIpc) is 2.75. The molecule has 2 rings (SSSR count). The fourth-order valence-corrected chi connectivity index (χ4v) is 1.52. The zero-order valence-electron chi connectivity index (χ0n) is 10.1. The van der Waals surface area contributed by atoms with Crippen LogP contribution in [0.15, 0.2) is 36.7 Å². The van der Waals surface area contributed by atoms with E-state index in [2.05, 4.69) is 24.2 Å². The van der Waals surface area contributed by atoms with Gasteiger partial charge < -0.3 is 10.5 Å². The van der Waals surface area contributed by atoms with E-state index >= 15 is 0 Å². The molecule has 4 nitrogen and oxygen atoms in total. The Balaban J connectivity index is 2.12. The van der Waals surface area contributed by atoms with Crippen LogP contribution in [0.2, 0.25) is 0 Å².